The Morgan fingerprint density at radius 3 is 2.79 bits per heavy atom. The van der Waals surface area contributed by atoms with Gasteiger partial charge in [0.25, 0.3) is 11.7 Å². The van der Waals surface area contributed by atoms with Gasteiger partial charge in [0.05, 0.1) is 11.3 Å². The summed E-state index contributed by atoms with van der Waals surface area (Å²) in [6.45, 7) is 0.340. The van der Waals surface area contributed by atoms with E-state index in [0.717, 1.165) is 0 Å². The van der Waals surface area contributed by atoms with Crippen LogP contribution >= 0.6 is 11.6 Å². The zero-order valence-corrected chi connectivity index (χ0v) is 11.2. The van der Waals surface area contributed by atoms with Crippen molar-refractivity contribution in [3.05, 3.63) is 28.8 Å². The normalized spacial score (nSPS) is 13.7. The van der Waals surface area contributed by atoms with Gasteiger partial charge in [-0.2, -0.15) is 0 Å². The Kier molecular flexibility index (Phi) is 3.85. The lowest BCUT2D eigenvalue weighted by Crippen LogP contribution is -2.31. The molecule has 6 heteroatoms. The summed E-state index contributed by atoms with van der Waals surface area (Å²) < 4.78 is 0. The van der Waals surface area contributed by atoms with Crippen LogP contribution in [0.25, 0.3) is 0 Å². The van der Waals surface area contributed by atoms with Crippen molar-refractivity contribution in [3.8, 4) is 0 Å². The molecule has 0 radical (unpaired) electrons. The monoisotopic (exact) mass is 280 g/mol. The molecule has 100 valence electrons. The number of Topliss-reactive ketones (excluding diaryl/α,β-unsaturated/α-hetero) is 1. The van der Waals surface area contributed by atoms with Crippen LogP contribution in [0.15, 0.2) is 18.2 Å². The maximum absolute atomic E-state index is 11.9. The molecule has 1 heterocycles. The van der Waals surface area contributed by atoms with Gasteiger partial charge in [0.15, 0.2) is 0 Å². The van der Waals surface area contributed by atoms with Crippen molar-refractivity contribution < 1.29 is 14.4 Å². The number of fused-ring (bicyclic) bond motifs is 1. The summed E-state index contributed by atoms with van der Waals surface area (Å²) >= 11 is 5.81. The zero-order chi connectivity index (χ0) is 14.0. The number of hydrogen-bond acceptors (Lipinski definition) is 3. The second-order valence-electron chi connectivity index (χ2n) is 4.22. The molecular formula is C13H13ClN2O3. The van der Waals surface area contributed by atoms with E-state index in [1.165, 1.54) is 11.0 Å². The molecule has 0 saturated carbocycles. The van der Waals surface area contributed by atoms with Crippen LogP contribution in [0, 0.1) is 0 Å². The third kappa shape index (κ3) is 2.61. The topological polar surface area (TPSA) is 66.5 Å². The molecule has 5 nitrogen and oxygen atoms in total. The lowest BCUT2D eigenvalue weighted by molar-refractivity contribution is -0.121. The van der Waals surface area contributed by atoms with E-state index in [9.17, 15) is 14.4 Å². The molecular weight excluding hydrogens is 268 g/mol. The number of hydrogen-bond donors (Lipinski definition) is 1. The minimum atomic E-state index is -0.561. The summed E-state index contributed by atoms with van der Waals surface area (Å²) in [6, 6.07) is 4.79. The van der Waals surface area contributed by atoms with E-state index in [4.69, 9.17) is 11.6 Å². The fourth-order valence-corrected chi connectivity index (χ4v) is 2.19. The number of carbonyl (C=O) groups is 3. The van der Waals surface area contributed by atoms with Crippen LogP contribution in [-0.2, 0) is 9.59 Å². The van der Waals surface area contributed by atoms with Crippen LogP contribution in [0.4, 0.5) is 5.69 Å². The highest BCUT2D eigenvalue weighted by molar-refractivity contribution is 6.52. The first-order valence-electron chi connectivity index (χ1n) is 5.91. The van der Waals surface area contributed by atoms with E-state index in [0.29, 0.717) is 35.7 Å². The predicted octanol–water partition coefficient (Wildman–Crippen LogP) is 1.40. The Morgan fingerprint density at radius 2 is 2.11 bits per heavy atom. The van der Waals surface area contributed by atoms with Gasteiger partial charge in [0.1, 0.15) is 0 Å². The Balaban J connectivity index is 2.13. The van der Waals surface area contributed by atoms with Crippen LogP contribution in [0.5, 0.6) is 0 Å². The van der Waals surface area contributed by atoms with E-state index >= 15 is 0 Å². The molecule has 1 aliphatic rings. The number of benzene rings is 1. The Hall–Kier alpha value is -1.88. The smallest absolute Gasteiger partial charge is 0.299 e. The SMILES string of the molecule is CNC(=O)CCCN1C(=O)C(=O)c2cc(Cl)ccc21. The first kappa shape index (κ1) is 13.5. The molecule has 0 fully saturated rings. The molecule has 0 aromatic heterocycles. The summed E-state index contributed by atoms with van der Waals surface area (Å²) in [5.41, 5.74) is 0.897. The highest BCUT2D eigenvalue weighted by Gasteiger charge is 2.35. The van der Waals surface area contributed by atoms with E-state index in [1.807, 2.05) is 0 Å². The molecule has 1 aromatic rings. The second kappa shape index (κ2) is 5.40. The molecule has 2 rings (SSSR count). The summed E-state index contributed by atoms with van der Waals surface area (Å²) in [5.74, 6) is -1.19. The van der Waals surface area contributed by atoms with Crippen molar-refractivity contribution in [1.82, 2.24) is 5.32 Å². The van der Waals surface area contributed by atoms with Crippen molar-refractivity contribution in [2.24, 2.45) is 0 Å². The molecule has 0 unspecified atom stereocenters. The van der Waals surface area contributed by atoms with Crippen LogP contribution < -0.4 is 10.2 Å². The molecule has 0 aliphatic carbocycles. The second-order valence-corrected chi connectivity index (χ2v) is 4.66. The van der Waals surface area contributed by atoms with Crippen molar-refractivity contribution in [2.45, 2.75) is 12.8 Å². The lowest BCUT2D eigenvalue weighted by atomic mass is 10.1. The molecule has 0 saturated heterocycles. The summed E-state index contributed by atoms with van der Waals surface area (Å²) in [7, 11) is 1.56. The Morgan fingerprint density at radius 1 is 1.37 bits per heavy atom. The fourth-order valence-electron chi connectivity index (χ4n) is 2.02. The number of ketones is 1. The summed E-state index contributed by atoms with van der Waals surface area (Å²) in [4.78, 5) is 36.2. The van der Waals surface area contributed by atoms with Crippen molar-refractivity contribution in [2.75, 3.05) is 18.5 Å². The Bertz CT molecular complexity index is 557. The first-order chi connectivity index (χ1) is 9.04. The van der Waals surface area contributed by atoms with Gasteiger partial charge in [-0.3, -0.25) is 14.4 Å². The third-order valence-corrected chi connectivity index (χ3v) is 3.23. The minimum absolute atomic E-state index is 0.0886. The third-order valence-electron chi connectivity index (χ3n) is 3.00. The first-order valence-corrected chi connectivity index (χ1v) is 6.28. The van der Waals surface area contributed by atoms with Gasteiger partial charge in [0, 0.05) is 25.0 Å². The average molecular weight is 281 g/mol. The number of rotatable bonds is 4. The highest BCUT2D eigenvalue weighted by atomic mass is 35.5. The molecule has 2 amide bonds. The van der Waals surface area contributed by atoms with E-state index in [1.54, 1.807) is 19.2 Å². The van der Waals surface area contributed by atoms with Crippen LogP contribution in [0.1, 0.15) is 23.2 Å². The van der Waals surface area contributed by atoms with E-state index < -0.39 is 11.7 Å². The molecule has 1 aliphatic heterocycles. The molecule has 19 heavy (non-hydrogen) atoms. The van der Waals surface area contributed by atoms with Gasteiger partial charge in [0.2, 0.25) is 5.91 Å². The van der Waals surface area contributed by atoms with Crippen LogP contribution in [-0.4, -0.2) is 31.2 Å². The molecule has 1 aromatic carbocycles. The maximum atomic E-state index is 11.9. The summed E-state index contributed by atoms with van der Waals surface area (Å²) in [6.07, 6.45) is 0.818. The van der Waals surface area contributed by atoms with Crippen molar-refractivity contribution >= 4 is 34.9 Å². The van der Waals surface area contributed by atoms with Crippen LogP contribution in [0.2, 0.25) is 5.02 Å². The van der Waals surface area contributed by atoms with Crippen molar-refractivity contribution in [1.29, 1.82) is 0 Å². The van der Waals surface area contributed by atoms with Gasteiger partial charge >= 0.3 is 0 Å². The largest absolute Gasteiger partial charge is 0.359 e. The molecule has 0 spiro atoms. The maximum Gasteiger partial charge on any atom is 0.299 e. The van der Waals surface area contributed by atoms with Gasteiger partial charge in [-0.1, -0.05) is 11.6 Å². The van der Waals surface area contributed by atoms with Crippen LogP contribution in [0.3, 0.4) is 0 Å². The number of carbonyl (C=O) groups excluding carboxylic acids is 3. The van der Waals surface area contributed by atoms with Gasteiger partial charge in [-0.15, -0.1) is 0 Å². The van der Waals surface area contributed by atoms with Gasteiger partial charge < -0.3 is 10.2 Å². The standard InChI is InChI=1S/C13H13ClN2O3/c1-15-11(17)3-2-6-16-10-5-4-8(14)7-9(10)12(18)13(16)19/h4-5,7H,2-3,6H2,1H3,(H,15,17). The lowest BCUT2D eigenvalue weighted by Gasteiger charge is -2.15. The summed E-state index contributed by atoms with van der Waals surface area (Å²) in [5, 5.41) is 2.93. The number of nitrogens with one attached hydrogen (secondary N) is 1. The highest BCUT2D eigenvalue weighted by Crippen LogP contribution is 2.31. The number of anilines is 1. The van der Waals surface area contributed by atoms with E-state index in [2.05, 4.69) is 5.32 Å². The predicted molar refractivity (Wildman–Crippen MR) is 71.4 cm³/mol. The average Bonchev–Trinajstić information content (AvgIpc) is 2.63. The number of halogens is 1. The zero-order valence-electron chi connectivity index (χ0n) is 10.4. The fraction of sp³-hybridized carbons (Fsp3) is 0.308. The molecule has 0 atom stereocenters. The number of amides is 2. The van der Waals surface area contributed by atoms with Crippen molar-refractivity contribution in [3.63, 3.8) is 0 Å². The number of nitrogens with zero attached hydrogens (tertiary/aromatic N) is 1. The Labute approximate surface area is 115 Å². The van der Waals surface area contributed by atoms with E-state index in [-0.39, 0.29) is 5.91 Å². The minimum Gasteiger partial charge on any atom is -0.359 e. The van der Waals surface area contributed by atoms with Gasteiger partial charge in [-0.25, -0.2) is 0 Å². The molecule has 1 N–H and O–H groups in total. The quantitative estimate of drug-likeness (QED) is 0.848. The van der Waals surface area contributed by atoms with Gasteiger partial charge in [-0.05, 0) is 24.6 Å². The molecule has 0 bridgehead atoms.